The summed E-state index contributed by atoms with van der Waals surface area (Å²) in [6, 6.07) is 2.23. The molecule has 0 unspecified atom stereocenters. The Morgan fingerprint density at radius 3 is 2.42 bits per heavy atom. The molecular formula is C12H9F4NO2. The standard InChI is InChI=1S/C12H9F4NO2/c1-5-3-7(13)4-8-6(2)10(19-9(5)8)11(17-18)12(14,15)16/h3-4,18H,1-2H3/b17-11-. The molecule has 0 aliphatic rings. The summed E-state index contributed by atoms with van der Waals surface area (Å²) in [5.74, 6) is -1.19. The molecule has 0 aliphatic carbocycles. The van der Waals surface area contributed by atoms with Crippen LogP contribution in [0.5, 0.6) is 0 Å². The third kappa shape index (κ3) is 2.16. The van der Waals surface area contributed by atoms with Gasteiger partial charge in [-0.3, -0.25) is 0 Å². The second kappa shape index (κ2) is 4.25. The van der Waals surface area contributed by atoms with Crippen LogP contribution in [0.4, 0.5) is 17.6 Å². The van der Waals surface area contributed by atoms with E-state index in [4.69, 9.17) is 9.62 Å². The van der Waals surface area contributed by atoms with E-state index in [-0.39, 0.29) is 16.5 Å². The predicted molar refractivity (Wildman–Crippen MR) is 60.0 cm³/mol. The lowest BCUT2D eigenvalue weighted by Gasteiger charge is -2.06. The fourth-order valence-corrected chi connectivity index (χ4v) is 1.90. The number of nitrogens with zero attached hydrogens (tertiary/aromatic N) is 1. The SMILES string of the molecule is Cc1c(/C(=N/O)C(F)(F)F)oc2c(C)cc(F)cc12. The number of fused-ring (bicyclic) bond motifs is 1. The van der Waals surface area contributed by atoms with Crippen LogP contribution in [0.2, 0.25) is 0 Å². The largest absolute Gasteiger partial charge is 0.454 e. The summed E-state index contributed by atoms with van der Waals surface area (Å²) < 4.78 is 56.4. The number of furan rings is 1. The zero-order valence-electron chi connectivity index (χ0n) is 9.97. The van der Waals surface area contributed by atoms with Crippen LogP contribution in [0.15, 0.2) is 21.7 Å². The fourth-order valence-electron chi connectivity index (χ4n) is 1.90. The Kier molecular flexibility index (Phi) is 3.00. The topological polar surface area (TPSA) is 45.7 Å². The van der Waals surface area contributed by atoms with Crippen LogP contribution in [0.1, 0.15) is 16.9 Å². The number of alkyl halides is 3. The van der Waals surface area contributed by atoms with Crippen LogP contribution < -0.4 is 0 Å². The first-order valence-corrected chi connectivity index (χ1v) is 5.24. The highest BCUT2D eigenvalue weighted by Gasteiger charge is 2.41. The Labute approximate surface area is 105 Å². The first-order chi connectivity index (χ1) is 8.75. The number of rotatable bonds is 1. The average molecular weight is 275 g/mol. The number of benzene rings is 1. The van der Waals surface area contributed by atoms with Gasteiger partial charge in [0.1, 0.15) is 11.4 Å². The summed E-state index contributed by atoms with van der Waals surface area (Å²) in [5, 5.41) is 11.0. The van der Waals surface area contributed by atoms with E-state index >= 15 is 0 Å². The van der Waals surface area contributed by atoms with Crippen molar-refractivity contribution in [1.82, 2.24) is 0 Å². The lowest BCUT2D eigenvalue weighted by molar-refractivity contribution is -0.0609. The molecule has 0 radical (unpaired) electrons. The minimum absolute atomic E-state index is 0.0720. The molecule has 0 saturated carbocycles. The van der Waals surface area contributed by atoms with Crippen molar-refractivity contribution in [3.8, 4) is 0 Å². The van der Waals surface area contributed by atoms with Crippen LogP contribution in [0.3, 0.4) is 0 Å². The second-order valence-electron chi connectivity index (χ2n) is 4.10. The smallest absolute Gasteiger partial charge is 0.440 e. The Bertz CT molecular complexity index is 670. The second-order valence-corrected chi connectivity index (χ2v) is 4.10. The van der Waals surface area contributed by atoms with Gasteiger partial charge >= 0.3 is 6.18 Å². The molecule has 2 rings (SSSR count). The molecule has 2 aromatic rings. The lowest BCUT2D eigenvalue weighted by atomic mass is 10.1. The van der Waals surface area contributed by atoms with Crippen LogP contribution in [0.25, 0.3) is 11.0 Å². The molecule has 19 heavy (non-hydrogen) atoms. The molecule has 0 fully saturated rings. The van der Waals surface area contributed by atoms with Crippen molar-refractivity contribution < 1.29 is 27.2 Å². The van der Waals surface area contributed by atoms with Gasteiger partial charge in [0.2, 0.25) is 5.71 Å². The molecule has 1 N–H and O–H groups in total. The van der Waals surface area contributed by atoms with Gasteiger partial charge in [-0.15, -0.1) is 0 Å². The first kappa shape index (κ1) is 13.4. The van der Waals surface area contributed by atoms with Crippen LogP contribution in [-0.4, -0.2) is 17.1 Å². The van der Waals surface area contributed by atoms with Crippen LogP contribution in [-0.2, 0) is 0 Å². The van der Waals surface area contributed by atoms with Crippen molar-refractivity contribution in [2.45, 2.75) is 20.0 Å². The molecule has 0 atom stereocenters. The lowest BCUT2D eigenvalue weighted by Crippen LogP contribution is -2.24. The minimum atomic E-state index is -4.86. The maximum absolute atomic E-state index is 13.3. The van der Waals surface area contributed by atoms with E-state index in [1.165, 1.54) is 13.8 Å². The van der Waals surface area contributed by atoms with Crippen molar-refractivity contribution in [2.75, 3.05) is 0 Å². The van der Waals surface area contributed by atoms with E-state index in [1.807, 2.05) is 0 Å². The highest BCUT2D eigenvalue weighted by molar-refractivity contribution is 6.06. The zero-order valence-corrected chi connectivity index (χ0v) is 9.97. The van der Waals surface area contributed by atoms with E-state index in [2.05, 4.69) is 5.16 Å². The van der Waals surface area contributed by atoms with Crippen molar-refractivity contribution in [3.05, 3.63) is 34.8 Å². The summed E-state index contributed by atoms with van der Waals surface area (Å²) in [7, 11) is 0. The Morgan fingerprint density at radius 2 is 1.89 bits per heavy atom. The Morgan fingerprint density at radius 1 is 1.26 bits per heavy atom. The quantitative estimate of drug-likeness (QED) is 0.371. The van der Waals surface area contributed by atoms with Gasteiger partial charge in [0, 0.05) is 10.9 Å². The molecular weight excluding hydrogens is 266 g/mol. The maximum atomic E-state index is 13.3. The maximum Gasteiger partial charge on any atom is 0.440 e. The molecule has 102 valence electrons. The molecule has 3 nitrogen and oxygen atoms in total. The van der Waals surface area contributed by atoms with E-state index in [9.17, 15) is 17.6 Å². The van der Waals surface area contributed by atoms with Crippen LogP contribution >= 0.6 is 0 Å². The summed E-state index contributed by atoms with van der Waals surface area (Å²) in [5.41, 5.74) is -0.966. The van der Waals surface area contributed by atoms with Crippen molar-refractivity contribution in [2.24, 2.45) is 5.16 Å². The van der Waals surface area contributed by atoms with Gasteiger partial charge < -0.3 is 9.62 Å². The van der Waals surface area contributed by atoms with Gasteiger partial charge in [-0.2, -0.15) is 13.2 Å². The highest BCUT2D eigenvalue weighted by Crippen LogP contribution is 2.33. The molecule has 1 aromatic carbocycles. The van der Waals surface area contributed by atoms with Crippen molar-refractivity contribution in [3.63, 3.8) is 0 Å². The summed E-state index contributed by atoms with van der Waals surface area (Å²) >= 11 is 0. The molecule has 1 heterocycles. The van der Waals surface area contributed by atoms with E-state index in [1.54, 1.807) is 0 Å². The van der Waals surface area contributed by atoms with E-state index in [0.29, 0.717) is 5.56 Å². The first-order valence-electron chi connectivity index (χ1n) is 5.24. The number of aryl methyl sites for hydroxylation is 2. The predicted octanol–water partition coefficient (Wildman–Crippen LogP) is 3.93. The summed E-state index contributed by atoms with van der Waals surface area (Å²) in [4.78, 5) is 0. The molecule has 7 heteroatoms. The van der Waals surface area contributed by atoms with Gasteiger partial charge in [0.25, 0.3) is 0 Å². The van der Waals surface area contributed by atoms with Gasteiger partial charge in [0.05, 0.1) is 0 Å². The molecule has 1 aromatic heterocycles. The van der Waals surface area contributed by atoms with Crippen molar-refractivity contribution >= 4 is 16.7 Å². The normalized spacial score (nSPS) is 13.3. The zero-order chi connectivity index (χ0) is 14.4. The summed E-state index contributed by atoms with van der Waals surface area (Å²) in [6.45, 7) is 2.86. The minimum Gasteiger partial charge on any atom is -0.454 e. The van der Waals surface area contributed by atoms with Gasteiger partial charge in [-0.1, -0.05) is 5.16 Å². The van der Waals surface area contributed by atoms with E-state index < -0.39 is 23.5 Å². The van der Waals surface area contributed by atoms with Crippen molar-refractivity contribution in [1.29, 1.82) is 0 Å². The monoisotopic (exact) mass is 275 g/mol. The van der Waals surface area contributed by atoms with Gasteiger partial charge in [-0.05, 0) is 31.5 Å². The number of hydrogen-bond donors (Lipinski definition) is 1. The number of oxime groups is 1. The highest BCUT2D eigenvalue weighted by atomic mass is 19.4. The fraction of sp³-hybridized carbons (Fsp3) is 0.250. The third-order valence-electron chi connectivity index (χ3n) is 2.77. The number of hydrogen-bond acceptors (Lipinski definition) is 3. The summed E-state index contributed by atoms with van der Waals surface area (Å²) in [6.07, 6.45) is -4.86. The van der Waals surface area contributed by atoms with Gasteiger partial charge in [-0.25, -0.2) is 4.39 Å². The molecule has 0 aliphatic heterocycles. The third-order valence-corrected chi connectivity index (χ3v) is 2.77. The average Bonchev–Trinajstić information content (AvgIpc) is 2.57. The van der Waals surface area contributed by atoms with Gasteiger partial charge in [0.15, 0.2) is 5.76 Å². The van der Waals surface area contributed by atoms with Crippen LogP contribution in [0, 0.1) is 19.7 Å². The molecule has 0 saturated heterocycles. The molecule has 0 bridgehead atoms. The Balaban J connectivity index is 2.77. The number of halogens is 4. The molecule has 0 spiro atoms. The van der Waals surface area contributed by atoms with E-state index in [0.717, 1.165) is 12.1 Å². The molecule has 0 amide bonds. The Hall–Kier alpha value is -2.05.